The van der Waals surface area contributed by atoms with Crippen LogP contribution in [0.25, 0.3) is 5.69 Å². The molecule has 1 N–H and O–H groups in total. The molecule has 2 heterocycles. The van der Waals surface area contributed by atoms with Crippen LogP contribution in [0.15, 0.2) is 36.9 Å². The van der Waals surface area contributed by atoms with Gasteiger partial charge in [0.2, 0.25) is 10.0 Å². The van der Waals surface area contributed by atoms with E-state index in [1.807, 2.05) is 6.07 Å². The smallest absolute Gasteiger partial charge is 0.253 e. The van der Waals surface area contributed by atoms with E-state index < -0.39 is 10.0 Å². The molecule has 26 heavy (non-hydrogen) atoms. The number of ether oxygens (including phenoxy) is 1. The van der Waals surface area contributed by atoms with E-state index in [4.69, 9.17) is 4.74 Å². The fourth-order valence-electron chi connectivity index (χ4n) is 2.80. The van der Waals surface area contributed by atoms with E-state index in [1.54, 1.807) is 22.8 Å². The standard InChI is InChI=1S/C16H21N5O4S/c1-20(2)26(23,24)9-12-7-25-8-14(12)19-16(22)13-5-3-4-6-15(13)21-10-17-18-11-21/h3-6,10-12,14H,7-9H2,1-2H3,(H,19,22)/t12-,14-/m0/s1. The van der Waals surface area contributed by atoms with Crippen molar-refractivity contribution in [3.05, 3.63) is 42.5 Å². The lowest BCUT2D eigenvalue weighted by atomic mass is 10.1. The average molecular weight is 379 g/mol. The molecule has 9 nitrogen and oxygen atoms in total. The van der Waals surface area contributed by atoms with Gasteiger partial charge in [-0.2, -0.15) is 0 Å². The van der Waals surface area contributed by atoms with Crippen molar-refractivity contribution < 1.29 is 17.9 Å². The molecule has 1 aromatic heterocycles. The molecule has 1 aliphatic rings. The van der Waals surface area contributed by atoms with Crippen molar-refractivity contribution in [3.63, 3.8) is 0 Å². The van der Waals surface area contributed by atoms with E-state index in [0.29, 0.717) is 17.9 Å². The first-order valence-electron chi connectivity index (χ1n) is 8.11. The number of carbonyl (C=O) groups excluding carboxylic acids is 1. The summed E-state index contributed by atoms with van der Waals surface area (Å²) in [4.78, 5) is 12.8. The minimum absolute atomic E-state index is 0.0714. The van der Waals surface area contributed by atoms with E-state index in [9.17, 15) is 13.2 Å². The fourth-order valence-corrected chi connectivity index (χ4v) is 3.97. The average Bonchev–Trinajstić information content (AvgIpc) is 3.27. The zero-order valence-electron chi connectivity index (χ0n) is 14.6. The maximum Gasteiger partial charge on any atom is 0.253 e. The van der Waals surface area contributed by atoms with Gasteiger partial charge in [0.15, 0.2) is 0 Å². The third-order valence-electron chi connectivity index (χ3n) is 4.34. The van der Waals surface area contributed by atoms with Crippen molar-refractivity contribution in [2.24, 2.45) is 5.92 Å². The van der Waals surface area contributed by atoms with E-state index in [2.05, 4.69) is 15.5 Å². The highest BCUT2D eigenvalue weighted by Crippen LogP contribution is 2.19. The number of aromatic nitrogens is 3. The normalized spacial score (nSPS) is 20.4. The highest BCUT2D eigenvalue weighted by atomic mass is 32.2. The molecule has 0 unspecified atom stereocenters. The molecule has 1 saturated heterocycles. The Morgan fingerprint density at radius 2 is 1.96 bits per heavy atom. The van der Waals surface area contributed by atoms with Gasteiger partial charge in [-0.05, 0) is 12.1 Å². The lowest BCUT2D eigenvalue weighted by Gasteiger charge is -2.21. The van der Waals surface area contributed by atoms with Gasteiger partial charge in [-0.1, -0.05) is 12.1 Å². The molecular formula is C16H21N5O4S. The SMILES string of the molecule is CN(C)S(=O)(=O)C[C@@H]1COC[C@@H]1NC(=O)c1ccccc1-n1cnnc1. The molecule has 0 aliphatic carbocycles. The largest absolute Gasteiger partial charge is 0.379 e. The molecule has 0 spiro atoms. The predicted molar refractivity (Wildman–Crippen MR) is 94.4 cm³/mol. The van der Waals surface area contributed by atoms with Crippen LogP contribution in [0.5, 0.6) is 0 Å². The number of para-hydroxylation sites is 1. The summed E-state index contributed by atoms with van der Waals surface area (Å²) in [6.45, 7) is 0.583. The Balaban J connectivity index is 1.76. The monoisotopic (exact) mass is 379 g/mol. The number of nitrogens with one attached hydrogen (secondary N) is 1. The number of sulfonamides is 1. The van der Waals surface area contributed by atoms with E-state index in [0.717, 1.165) is 0 Å². The van der Waals surface area contributed by atoms with Crippen molar-refractivity contribution in [2.75, 3.05) is 33.1 Å². The minimum Gasteiger partial charge on any atom is -0.379 e. The highest BCUT2D eigenvalue weighted by Gasteiger charge is 2.34. The second-order valence-corrected chi connectivity index (χ2v) is 8.55. The Bertz CT molecular complexity index is 867. The summed E-state index contributed by atoms with van der Waals surface area (Å²) in [7, 11) is -0.389. The summed E-state index contributed by atoms with van der Waals surface area (Å²) in [5, 5.41) is 10.4. The third-order valence-corrected chi connectivity index (χ3v) is 6.30. The number of hydrogen-bond donors (Lipinski definition) is 1. The highest BCUT2D eigenvalue weighted by molar-refractivity contribution is 7.89. The molecule has 0 radical (unpaired) electrons. The molecule has 1 amide bonds. The Labute approximate surface area is 152 Å². The lowest BCUT2D eigenvalue weighted by Crippen LogP contribution is -2.43. The Morgan fingerprint density at radius 3 is 2.65 bits per heavy atom. The quantitative estimate of drug-likeness (QED) is 0.751. The van der Waals surface area contributed by atoms with Gasteiger partial charge in [0.25, 0.3) is 5.91 Å². The number of hydrogen-bond acceptors (Lipinski definition) is 6. The number of rotatable bonds is 6. The van der Waals surface area contributed by atoms with Gasteiger partial charge in [0.05, 0.1) is 36.3 Å². The van der Waals surface area contributed by atoms with Crippen LogP contribution in [0.1, 0.15) is 10.4 Å². The predicted octanol–water partition coefficient (Wildman–Crippen LogP) is -0.0965. The van der Waals surface area contributed by atoms with Gasteiger partial charge in [0, 0.05) is 20.0 Å². The molecule has 140 valence electrons. The fraction of sp³-hybridized carbons (Fsp3) is 0.438. The van der Waals surface area contributed by atoms with Crippen LogP contribution in [-0.2, 0) is 14.8 Å². The van der Waals surface area contributed by atoms with Crippen LogP contribution in [0.3, 0.4) is 0 Å². The Kier molecular flexibility index (Phi) is 5.35. The second-order valence-electron chi connectivity index (χ2n) is 6.32. The molecule has 10 heteroatoms. The van der Waals surface area contributed by atoms with Crippen LogP contribution < -0.4 is 5.32 Å². The molecule has 0 bridgehead atoms. The van der Waals surface area contributed by atoms with Crippen molar-refractivity contribution in [1.82, 2.24) is 24.4 Å². The van der Waals surface area contributed by atoms with Crippen LogP contribution in [0.4, 0.5) is 0 Å². The van der Waals surface area contributed by atoms with Gasteiger partial charge >= 0.3 is 0 Å². The minimum atomic E-state index is -3.38. The van der Waals surface area contributed by atoms with Gasteiger partial charge in [-0.25, -0.2) is 12.7 Å². The topological polar surface area (TPSA) is 106 Å². The first-order valence-corrected chi connectivity index (χ1v) is 9.72. The number of amides is 1. The molecule has 2 atom stereocenters. The summed E-state index contributed by atoms with van der Waals surface area (Å²) in [5.74, 6) is -0.664. The van der Waals surface area contributed by atoms with Gasteiger partial charge in [0.1, 0.15) is 12.7 Å². The van der Waals surface area contributed by atoms with Crippen LogP contribution in [0, 0.1) is 5.92 Å². The van der Waals surface area contributed by atoms with E-state index in [-0.39, 0.29) is 30.2 Å². The lowest BCUT2D eigenvalue weighted by molar-refractivity contribution is 0.0926. The molecule has 1 aliphatic heterocycles. The van der Waals surface area contributed by atoms with Crippen molar-refractivity contribution in [3.8, 4) is 5.69 Å². The zero-order valence-corrected chi connectivity index (χ0v) is 15.4. The summed E-state index contributed by atoms with van der Waals surface area (Å²) in [5.41, 5.74) is 1.10. The molecular weight excluding hydrogens is 358 g/mol. The molecule has 1 fully saturated rings. The van der Waals surface area contributed by atoms with Crippen molar-refractivity contribution >= 4 is 15.9 Å². The number of benzene rings is 1. The van der Waals surface area contributed by atoms with Gasteiger partial charge < -0.3 is 10.1 Å². The summed E-state index contributed by atoms with van der Waals surface area (Å²) >= 11 is 0. The Hall–Kier alpha value is -2.30. The molecule has 1 aromatic carbocycles. The number of nitrogens with zero attached hydrogens (tertiary/aromatic N) is 4. The third kappa shape index (κ3) is 3.92. The zero-order chi connectivity index (χ0) is 18.7. The Morgan fingerprint density at radius 1 is 1.27 bits per heavy atom. The van der Waals surface area contributed by atoms with Crippen LogP contribution >= 0.6 is 0 Å². The summed E-state index contributed by atoms with van der Waals surface area (Å²) in [6, 6.07) is 6.70. The van der Waals surface area contributed by atoms with Gasteiger partial charge in [-0.15, -0.1) is 10.2 Å². The van der Waals surface area contributed by atoms with Crippen LogP contribution in [-0.4, -0.2) is 72.5 Å². The summed E-state index contributed by atoms with van der Waals surface area (Å²) in [6.07, 6.45) is 3.02. The molecule has 0 saturated carbocycles. The van der Waals surface area contributed by atoms with E-state index in [1.165, 1.54) is 31.1 Å². The molecule has 2 aromatic rings. The van der Waals surface area contributed by atoms with Crippen LogP contribution in [0.2, 0.25) is 0 Å². The number of carbonyl (C=O) groups is 1. The molecule has 3 rings (SSSR count). The van der Waals surface area contributed by atoms with Crippen molar-refractivity contribution in [2.45, 2.75) is 6.04 Å². The first-order chi connectivity index (χ1) is 12.4. The maximum absolute atomic E-state index is 12.8. The van der Waals surface area contributed by atoms with E-state index >= 15 is 0 Å². The van der Waals surface area contributed by atoms with Gasteiger partial charge in [-0.3, -0.25) is 9.36 Å². The maximum atomic E-state index is 12.8. The van der Waals surface area contributed by atoms with Crippen molar-refractivity contribution in [1.29, 1.82) is 0 Å². The second kappa shape index (κ2) is 7.52. The first kappa shape index (κ1) is 18.5. The summed E-state index contributed by atoms with van der Waals surface area (Å²) < 4.78 is 32.5.